The highest BCUT2D eigenvalue weighted by Crippen LogP contribution is 2.14. The first-order valence-corrected chi connectivity index (χ1v) is 9.86. The molecule has 0 bridgehead atoms. The molecule has 2 N–H and O–H groups in total. The van der Waals surface area contributed by atoms with Crippen LogP contribution in [-0.2, 0) is 13.1 Å². The largest absolute Gasteiger partial charge is 0.352 e. The number of rotatable bonds is 5. The van der Waals surface area contributed by atoms with Crippen molar-refractivity contribution in [2.45, 2.75) is 25.9 Å². The first kappa shape index (κ1) is 23.9. The first-order valence-electron chi connectivity index (χ1n) is 9.86. The van der Waals surface area contributed by atoms with E-state index in [1.54, 1.807) is 19.2 Å². The Bertz CT molecular complexity index is 853. The highest BCUT2D eigenvalue weighted by atomic mass is 127. The van der Waals surface area contributed by atoms with Crippen molar-refractivity contribution in [3.8, 4) is 0 Å². The number of guanidine groups is 1. The number of amides is 2. The molecule has 3 rings (SSSR count). The van der Waals surface area contributed by atoms with Crippen molar-refractivity contribution in [1.82, 2.24) is 15.1 Å². The van der Waals surface area contributed by atoms with Crippen LogP contribution in [-0.4, -0.2) is 49.0 Å². The molecule has 0 spiro atoms. The molecule has 1 aliphatic heterocycles. The number of hydrogen-bond donors (Lipinski definition) is 2. The van der Waals surface area contributed by atoms with Crippen molar-refractivity contribution in [2.75, 3.05) is 32.5 Å². The standard InChI is InChI=1S/C22H28FN5O.HI/c1-24-21(27(2)16-17-8-10-19(23)11-9-17)25-15-18-6-5-7-20(14-18)26-22(29)28-12-3-4-13-28;/h5-11,14H,3-4,12-13,15-16H2,1-2H3,(H,24,25)(H,26,29);1H. The summed E-state index contributed by atoms with van der Waals surface area (Å²) in [5.41, 5.74) is 2.83. The van der Waals surface area contributed by atoms with Crippen LogP contribution in [0.15, 0.2) is 53.5 Å². The lowest BCUT2D eigenvalue weighted by Gasteiger charge is -2.22. The number of nitrogens with zero attached hydrogens (tertiary/aromatic N) is 3. The molecule has 2 aromatic carbocycles. The van der Waals surface area contributed by atoms with Gasteiger partial charge in [-0.25, -0.2) is 9.18 Å². The van der Waals surface area contributed by atoms with Crippen LogP contribution in [0.4, 0.5) is 14.9 Å². The number of hydrogen-bond acceptors (Lipinski definition) is 2. The smallest absolute Gasteiger partial charge is 0.321 e. The van der Waals surface area contributed by atoms with Crippen molar-refractivity contribution in [3.63, 3.8) is 0 Å². The predicted octanol–water partition coefficient (Wildman–Crippen LogP) is 4.28. The maximum absolute atomic E-state index is 13.1. The van der Waals surface area contributed by atoms with Crippen LogP contribution in [0.5, 0.6) is 0 Å². The summed E-state index contributed by atoms with van der Waals surface area (Å²) in [6, 6.07) is 14.2. The van der Waals surface area contributed by atoms with E-state index in [9.17, 15) is 9.18 Å². The van der Waals surface area contributed by atoms with E-state index < -0.39 is 0 Å². The third-order valence-electron chi connectivity index (χ3n) is 4.93. The molecule has 2 aromatic rings. The normalized spacial score (nSPS) is 13.6. The second kappa shape index (κ2) is 11.7. The zero-order valence-electron chi connectivity index (χ0n) is 17.4. The highest BCUT2D eigenvalue weighted by molar-refractivity contribution is 14.0. The van der Waals surface area contributed by atoms with E-state index in [2.05, 4.69) is 15.6 Å². The van der Waals surface area contributed by atoms with Gasteiger partial charge in [-0.3, -0.25) is 4.99 Å². The van der Waals surface area contributed by atoms with E-state index in [-0.39, 0.29) is 35.8 Å². The van der Waals surface area contributed by atoms with Crippen LogP contribution in [0, 0.1) is 5.82 Å². The second-order valence-electron chi connectivity index (χ2n) is 7.21. The Morgan fingerprint density at radius 1 is 1.13 bits per heavy atom. The van der Waals surface area contributed by atoms with Crippen LogP contribution in [0.1, 0.15) is 24.0 Å². The Kier molecular flexibility index (Phi) is 9.35. The van der Waals surface area contributed by atoms with Crippen molar-refractivity contribution in [3.05, 3.63) is 65.5 Å². The number of likely N-dealkylation sites (tertiary alicyclic amines) is 1. The van der Waals surface area contributed by atoms with Crippen molar-refractivity contribution >= 4 is 41.7 Å². The monoisotopic (exact) mass is 525 g/mol. The quantitative estimate of drug-likeness (QED) is 0.348. The highest BCUT2D eigenvalue weighted by Gasteiger charge is 2.17. The molecule has 0 radical (unpaired) electrons. The van der Waals surface area contributed by atoms with Gasteiger partial charge >= 0.3 is 6.03 Å². The number of nitrogens with one attached hydrogen (secondary N) is 2. The van der Waals surface area contributed by atoms with E-state index in [1.807, 2.05) is 41.1 Å². The average Bonchev–Trinajstić information content (AvgIpc) is 3.26. The Morgan fingerprint density at radius 3 is 2.50 bits per heavy atom. The minimum absolute atomic E-state index is 0. The molecular formula is C22H29FIN5O. The molecule has 0 saturated carbocycles. The molecular weight excluding hydrogens is 496 g/mol. The third-order valence-corrected chi connectivity index (χ3v) is 4.93. The van der Waals surface area contributed by atoms with E-state index in [0.29, 0.717) is 13.1 Å². The molecule has 1 heterocycles. The fourth-order valence-electron chi connectivity index (χ4n) is 3.39. The lowest BCUT2D eigenvalue weighted by atomic mass is 10.2. The van der Waals surface area contributed by atoms with Crippen molar-refractivity contribution in [2.24, 2.45) is 4.99 Å². The average molecular weight is 525 g/mol. The van der Waals surface area contributed by atoms with Gasteiger partial charge in [-0.2, -0.15) is 0 Å². The van der Waals surface area contributed by atoms with E-state index in [1.165, 1.54) is 12.1 Å². The fourth-order valence-corrected chi connectivity index (χ4v) is 3.39. The van der Waals surface area contributed by atoms with Crippen LogP contribution in [0.2, 0.25) is 0 Å². The number of carbonyl (C=O) groups is 1. The zero-order valence-corrected chi connectivity index (χ0v) is 19.7. The summed E-state index contributed by atoms with van der Waals surface area (Å²) in [6.07, 6.45) is 2.14. The maximum atomic E-state index is 13.1. The molecule has 1 aliphatic rings. The van der Waals surface area contributed by atoms with Crippen LogP contribution in [0.3, 0.4) is 0 Å². The van der Waals surface area contributed by atoms with Gasteiger partial charge in [0.1, 0.15) is 5.82 Å². The number of urea groups is 1. The van der Waals surface area contributed by atoms with Gasteiger partial charge in [-0.1, -0.05) is 24.3 Å². The van der Waals surface area contributed by atoms with Gasteiger partial charge in [0.25, 0.3) is 0 Å². The summed E-state index contributed by atoms with van der Waals surface area (Å²) in [5, 5.41) is 6.31. The Balaban J connectivity index is 0.00000320. The predicted molar refractivity (Wildman–Crippen MR) is 130 cm³/mol. The molecule has 6 nitrogen and oxygen atoms in total. The van der Waals surface area contributed by atoms with Crippen LogP contribution >= 0.6 is 24.0 Å². The molecule has 0 aromatic heterocycles. The maximum Gasteiger partial charge on any atom is 0.321 e. The van der Waals surface area contributed by atoms with Crippen molar-refractivity contribution in [1.29, 1.82) is 0 Å². The Hall–Kier alpha value is -2.36. The minimum Gasteiger partial charge on any atom is -0.352 e. The summed E-state index contributed by atoms with van der Waals surface area (Å²) >= 11 is 0. The van der Waals surface area contributed by atoms with Gasteiger partial charge in [0.2, 0.25) is 0 Å². The topological polar surface area (TPSA) is 60.0 Å². The van der Waals surface area contributed by atoms with Gasteiger partial charge in [0, 0.05) is 46.0 Å². The Labute approximate surface area is 194 Å². The number of aliphatic imine (C=N–C) groups is 1. The van der Waals surface area contributed by atoms with Crippen LogP contribution in [0.25, 0.3) is 0 Å². The first-order chi connectivity index (χ1) is 14.0. The van der Waals surface area contributed by atoms with Gasteiger partial charge in [0.15, 0.2) is 5.96 Å². The molecule has 1 fully saturated rings. The summed E-state index contributed by atoms with van der Waals surface area (Å²) in [5.74, 6) is 0.497. The van der Waals surface area contributed by atoms with Gasteiger partial charge in [-0.15, -0.1) is 24.0 Å². The fraction of sp³-hybridized carbons (Fsp3) is 0.364. The second-order valence-corrected chi connectivity index (χ2v) is 7.21. The number of carbonyl (C=O) groups excluding carboxylic acids is 1. The summed E-state index contributed by atoms with van der Waals surface area (Å²) in [4.78, 5) is 20.4. The number of halogens is 2. The van der Waals surface area contributed by atoms with Gasteiger partial charge in [-0.05, 0) is 48.2 Å². The Morgan fingerprint density at radius 2 is 1.83 bits per heavy atom. The molecule has 0 unspecified atom stereocenters. The lowest BCUT2D eigenvalue weighted by molar-refractivity contribution is 0.222. The minimum atomic E-state index is -0.240. The molecule has 0 aliphatic carbocycles. The molecule has 30 heavy (non-hydrogen) atoms. The molecule has 1 saturated heterocycles. The molecule has 2 amide bonds. The molecule has 8 heteroatoms. The zero-order chi connectivity index (χ0) is 20.6. The number of anilines is 1. The lowest BCUT2D eigenvalue weighted by Crippen LogP contribution is -2.38. The van der Waals surface area contributed by atoms with E-state index in [0.717, 1.165) is 48.7 Å². The van der Waals surface area contributed by atoms with E-state index >= 15 is 0 Å². The summed E-state index contributed by atoms with van der Waals surface area (Å²) in [6.45, 7) is 2.84. The number of benzene rings is 2. The van der Waals surface area contributed by atoms with Crippen molar-refractivity contribution < 1.29 is 9.18 Å². The van der Waals surface area contributed by atoms with Crippen LogP contribution < -0.4 is 10.6 Å². The van der Waals surface area contributed by atoms with Gasteiger partial charge < -0.3 is 20.4 Å². The summed E-state index contributed by atoms with van der Waals surface area (Å²) < 4.78 is 13.1. The molecule has 0 atom stereocenters. The third kappa shape index (κ3) is 6.86. The SMILES string of the molecule is CN=C(NCc1cccc(NC(=O)N2CCCC2)c1)N(C)Cc1ccc(F)cc1.I. The summed E-state index contributed by atoms with van der Waals surface area (Å²) in [7, 11) is 3.67. The molecule has 162 valence electrons. The van der Waals surface area contributed by atoms with E-state index in [4.69, 9.17) is 0 Å². The van der Waals surface area contributed by atoms with Gasteiger partial charge in [0.05, 0.1) is 0 Å².